The van der Waals surface area contributed by atoms with Crippen LogP contribution < -0.4 is 4.90 Å². The van der Waals surface area contributed by atoms with Crippen LogP contribution in [0.25, 0.3) is 5.57 Å². The number of anilines is 1. The smallest absolute Gasteiger partial charge is 0.301 e. The van der Waals surface area contributed by atoms with Crippen LogP contribution >= 0.6 is 0 Å². The predicted molar refractivity (Wildman–Crippen MR) is 89.1 cm³/mol. The Labute approximate surface area is 134 Å². The second-order valence-corrected chi connectivity index (χ2v) is 5.75. The number of carbonyl (C=O) groups is 2. The number of amides is 2. The van der Waals surface area contributed by atoms with E-state index in [4.69, 9.17) is 0 Å². The molecular weight excluding hydrogens is 290 g/mol. The highest BCUT2D eigenvalue weighted by Crippen LogP contribution is 2.34. The Balaban J connectivity index is 2.09. The molecule has 4 heteroatoms. The Hall–Kier alpha value is -2.88. The molecule has 23 heavy (non-hydrogen) atoms. The van der Waals surface area contributed by atoms with E-state index in [-0.39, 0.29) is 5.57 Å². The van der Waals surface area contributed by atoms with Crippen LogP contribution in [0.4, 0.5) is 5.69 Å². The summed E-state index contributed by atoms with van der Waals surface area (Å²) in [5, 5.41) is 10.2. The van der Waals surface area contributed by atoms with Gasteiger partial charge in [0.2, 0.25) is 0 Å². The summed E-state index contributed by atoms with van der Waals surface area (Å²) in [6, 6.07) is 12.6. The summed E-state index contributed by atoms with van der Waals surface area (Å²) in [6.45, 7) is 5.70. The predicted octanol–water partition coefficient (Wildman–Crippen LogP) is 3.45. The van der Waals surface area contributed by atoms with Crippen LogP contribution in [0.3, 0.4) is 0 Å². The molecule has 2 amide bonds. The van der Waals surface area contributed by atoms with Crippen molar-refractivity contribution >= 4 is 23.1 Å². The number of aliphatic hydroxyl groups is 1. The minimum absolute atomic E-state index is 0.0518. The molecule has 1 heterocycles. The Morgan fingerprint density at radius 1 is 0.870 bits per heavy atom. The summed E-state index contributed by atoms with van der Waals surface area (Å²) in [7, 11) is 0. The molecule has 0 aromatic heterocycles. The zero-order valence-electron chi connectivity index (χ0n) is 13.3. The molecule has 3 rings (SSSR count). The molecule has 0 radical (unpaired) electrons. The van der Waals surface area contributed by atoms with E-state index in [1.807, 2.05) is 39.0 Å². The Bertz CT molecular complexity index is 847. The molecule has 0 unspecified atom stereocenters. The number of rotatable bonds is 2. The minimum atomic E-state index is -0.681. The Morgan fingerprint density at radius 3 is 2.17 bits per heavy atom. The number of aliphatic hydroxyl groups excluding tert-OH is 1. The number of nitrogens with zero attached hydrogens (tertiary/aromatic N) is 1. The van der Waals surface area contributed by atoms with Gasteiger partial charge in [0.25, 0.3) is 5.91 Å². The van der Waals surface area contributed by atoms with E-state index in [9.17, 15) is 14.7 Å². The van der Waals surface area contributed by atoms with Crippen molar-refractivity contribution in [2.45, 2.75) is 20.8 Å². The number of benzene rings is 2. The van der Waals surface area contributed by atoms with E-state index in [2.05, 4.69) is 0 Å². The lowest BCUT2D eigenvalue weighted by molar-refractivity contribution is -0.121. The first-order chi connectivity index (χ1) is 10.9. The van der Waals surface area contributed by atoms with Gasteiger partial charge in [0, 0.05) is 0 Å². The van der Waals surface area contributed by atoms with Crippen molar-refractivity contribution in [3.05, 3.63) is 70.5 Å². The van der Waals surface area contributed by atoms with Crippen LogP contribution in [0, 0.1) is 20.8 Å². The normalized spacial score (nSPS) is 14.8. The molecule has 0 spiro atoms. The van der Waals surface area contributed by atoms with Crippen LogP contribution in [0.15, 0.2) is 48.2 Å². The van der Waals surface area contributed by atoms with Gasteiger partial charge in [0.1, 0.15) is 0 Å². The maximum atomic E-state index is 12.8. The van der Waals surface area contributed by atoms with Crippen molar-refractivity contribution in [3.63, 3.8) is 0 Å². The first-order valence-electron chi connectivity index (χ1n) is 7.37. The molecule has 0 fully saturated rings. The molecule has 1 aliphatic heterocycles. The topological polar surface area (TPSA) is 57.6 Å². The van der Waals surface area contributed by atoms with Crippen LogP contribution in [-0.4, -0.2) is 16.9 Å². The fraction of sp³-hybridized carbons (Fsp3) is 0.158. The fourth-order valence-electron chi connectivity index (χ4n) is 2.70. The van der Waals surface area contributed by atoms with Gasteiger partial charge >= 0.3 is 5.91 Å². The zero-order valence-corrected chi connectivity index (χ0v) is 13.3. The van der Waals surface area contributed by atoms with E-state index in [0.717, 1.165) is 21.6 Å². The van der Waals surface area contributed by atoms with E-state index in [1.54, 1.807) is 24.3 Å². The lowest BCUT2D eigenvalue weighted by Gasteiger charge is -2.18. The van der Waals surface area contributed by atoms with Gasteiger partial charge in [0.05, 0.1) is 11.3 Å². The lowest BCUT2D eigenvalue weighted by Crippen LogP contribution is -2.32. The number of carbonyl (C=O) groups excluding carboxylic acids is 2. The van der Waals surface area contributed by atoms with Crippen molar-refractivity contribution in [1.29, 1.82) is 0 Å². The maximum absolute atomic E-state index is 12.8. The molecule has 0 saturated carbocycles. The highest BCUT2D eigenvalue weighted by Gasteiger charge is 2.40. The van der Waals surface area contributed by atoms with E-state index < -0.39 is 17.6 Å². The zero-order chi connectivity index (χ0) is 16.7. The van der Waals surface area contributed by atoms with Gasteiger partial charge in [-0.3, -0.25) is 9.59 Å². The highest BCUT2D eigenvalue weighted by molar-refractivity contribution is 6.45. The molecular formula is C19H17NO3. The van der Waals surface area contributed by atoms with Crippen LogP contribution in [0.2, 0.25) is 0 Å². The molecule has 1 aliphatic rings. The maximum Gasteiger partial charge on any atom is 0.301 e. The van der Waals surface area contributed by atoms with Crippen molar-refractivity contribution < 1.29 is 14.7 Å². The Kier molecular flexibility index (Phi) is 3.52. The average Bonchev–Trinajstić information content (AvgIpc) is 2.74. The van der Waals surface area contributed by atoms with E-state index >= 15 is 0 Å². The number of imide groups is 1. The SMILES string of the molecule is Cc1ccc(C2=C(O)C(=O)N(c3cccc(C)c3C)C2=O)cc1. The molecule has 4 nitrogen and oxygen atoms in total. The molecule has 0 bridgehead atoms. The van der Waals surface area contributed by atoms with Crippen LogP contribution in [0.5, 0.6) is 0 Å². The third-order valence-corrected chi connectivity index (χ3v) is 4.22. The molecule has 0 saturated heterocycles. The van der Waals surface area contributed by atoms with Gasteiger partial charge in [-0.1, -0.05) is 42.0 Å². The van der Waals surface area contributed by atoms with Gasteiger partial charge in [-0.05, 0) is 43.5 Å². The first kappa shape index (κ1) is 15.0. The largest absolute Gasteiger partial charge is 0.502 e. The first-order valence-corrected chi connectivity index (χ1v) is 7.37. The summed E-state index contributed by atoms with van der Waals surface area (Å²) in [4.78, 5) is 26.2. The van der Waals surface area contributed by atoms with Gasteiger partial charge in [0.15, 0.2) is 5.76 Å². The van der Waals surface area contributed by atoms with Crippen LogP contribution in [-0.2, 0) is 9.59 Å². The molecule has 2 aromatic carbocycles. The second kappa shape index (κ2) is 5.39. The minimum Gasteiger partial charge on any atom is -0.502 e. The van der Waals surface area contributed by atoms with Crippen molar-refractivity contribution in [2.24, 2.45) is 0 Å². The molecule has 0 atom stereocenters. The van der Waals surface area contributed by atoms with Gasteiger partial charge < -0.3 is 5.11 Å². The fourth-order valence-corrected chi connectivity index (χ4v) is 2.70. The standard InChI is InChI=1S/C19H17NO3/c1-11-7-9-14(10-8-11)16-17(21)19(23)20(18(16)22)15-6-4-5-12(2)13(15)3/h4-10,21H,1-3H3. The van der Waals surface area contributed by atoms with E-state index in [0.29, 0.717) is 11.3 Å². The highest BCUT2D eigenvalue weighted by atomic mass is 16.3. The molecule has 0 aliphatic carbocycles. The third-order valence-electron chi connectivity index (χ3n) is 4.22. The van der Waals surface area contributed by atoms with Crippen molar-refractivity contribution in [3.8, 4) is 0 Å². The van der Waals surface area contributed by atoms with E-state index in [1.165, 1.54) is 0 Å². The summed E-state index contributed by atoms with van der Waals surface area (Å²) < 4.78 is 0. The molecule has 116 valence electrons. The second-order valence-electron chi connectivity index (χ2n) is 5.75. The number of hydrogen-bond donors (Lipinski definition) is 1. The van der Waals surface area contributed by atoms with Gasteiger partial charge in [-0.2, -0.15) is 0 Å². The lowest BCUT2D eigenvalue weighted by atomic mass is 10.0. The quantitative estimate of drug-likeness (QED) is 0.865. The molecule has 1 N–H and O–H groups in total. The van der Waals surface area contributed by atoms with Gasteiger partial charge in [-0.25, -0.2) is 4.90 Å². The third kappa shape index (κ3) is 2.32. The monoisotopic (exact) mass is 307 g/mol. The van der Waals surface area contributed by atoms with Gasteiger partial charge in [-0.15, -0.1) is 0 Å². The summed E-state index contributed by atoms with van der Waals surface area (Å²) in [5.74, 6) is -1.68. The average molecular weight is 307 g/mol. The summed E-state index contributed by atoms with van der Waals surface area (Å²) in [6.07, 6.45) is 0. The number of aryl methyl sites for hydroxylation is 2. The summed E-state index contributed by atoms with van der Waals surface area (Å²) >= 11 is 0. The Morgan fingerprint density at radius 2 is 1.52 bits per heavy atom. The van der Waals surface area contributed by atoms with Crippen LogP contribution in [0.1, 0.15) is 22.3 Å². The number of hydrogen-bond acceptors (Lipinski definition) is 3. The summed E-state index contributed by atoms with van der Waals surface area (Å²) in [5.41, 5.74) is 3.96. The van der Waals surface area contributed by atoms with Crippen molar-refractivity contribution in [2.75, 3.05) is 4.90 Å². The van der Waals surface area contributed by atoms with Crippen molar-refractivity contribution in [1.82, 2.24) is 0 Å². The molecule has 2 aromatic rings.